The van der Waals surface area contributed by atoms with Gasteiger partial charge < -0.3 is 24.8 Å². The van der Waals surface area contributed by atoms with Gasteiger partial charge in [0.05, 0.1) is 19.3 Å². The fraction of sp³-hybridized carbons (Fsp3) is 0.556. The van der Waals surface area contributed by atoms with Crippen LogP contribution in [0.25, 0.3) is 0 Å². The molecule has 0 saturated carbocycles. The first kappa shape index (κ1) is 22.2. The normalized spacial score (nSPS) is 19.2. The number of nitrogens with one attached hydrogen (secondary N) is 2. The van der Waals surface area contributed by atoms with Crippen molar-refractivity contribution in [3.05, 3.63) is 29.8 Å². The second-order valence-electron chi connectivity index (χ2n) is 5.79. The Labute approximate surface area is 160 Å². The van der Waals surface area contributed by atoms with E-state index in [-0.39, 0.29) is 43.0 Å². The summed E-state index contributed by atoms with van der Waals surface area (Å²) in [5, 5.41) is 6.09. The van der Waals surface area contributed by atoms with Crippen molar-refractivity contribution in [2.24, 2.45) is 0 Å². The zero-order chi connectivity index (χ0) is 18.1. The van der Waals surface area contributed by atoms with E-state index in [1.165, 1.54) is 0 Å². The first-order valence-corrected chi connectivity index (χ1v) is 8.60. The third kappa shape index (κ3) is 7.19. The summed E-state index contributed by atoms with van der Waals surface area (Å²) in [6.45, 7) is 5.76. The number of esters is 1. The van der Waals surface area contributed by atoms with E-state index in [1.54, 1.807) is 19.1 Å². The number of morpholine rings is 1. The molecule has 1 aliphatic rings. The lowest BCUT2D eigenvalue weighted by Crippen LogP contribution is -2.55. The predicted octanol–water partition coefficient (Wildman–Crippen LogP) is 1.09. The molecule has 1 saturated heterocycles. The average Bonchev–Trinajstić information content (AvgIpc) is 2.61. The van der Waals surface area contributed by atoms with Crippen LogP contribution in [-0.4, -0.2) is 56.9 Å². The number of rotatable bonds is 8. The van der Waals surface area contributed by atoms with Crippen molar-refractivity contribution >= 4 is 24.3 Å². The summed E-state index contributed by atoms with van der Waals surface area (Å²) >= 11 is 0. The Kier molecular flexibility index (Phi) is 10.0. The summed E-state index contributed by atoms with van der Waals surface area (Å²) in [4.78, 5) is 23.4. The van der Waals surface area contributed by atoms with Crippen LogP contribution in [0.5, 0.6) is 5.75 Å². The molecule has 0 spiro atoms. The molecule has 146 valence electrons. The van der Waals surface area contributed by atoms with Gasteiger partial charge in [0.2, 0.25) is 5.91 Å². The fourth-order valence-corrected chi connectivity index (χ4v) is 2.56. The van der Waals surface area contributed by atoms with Crippen LogP contribution >= 0.6 is 12.4 Å². The number of carbonyl (C=O) groups is 2. The SMILES string of the molecule is CCOC(=O)COc1ccc(CCNC(=O)[C@H]2NCCO[C@@H]2C)cc1.Cl. The van der Waals surface area contributed by atoms with E-state index in [1.807, 2.05) is 19.1 Å². The van der Waals surface area contributed by atoms with E-state index in [2.05, 4.69) is 10.6 Å². The molecule has 0 bridgehead atoms. The molecule has 8 heteroatoms. The molecular weight excluding hydrogens is 360 g/mol. The monoisotopic (exact) mass is 386 g/mol. The number of benzene rings is 1. The predicted molar refractivity (Wildman–Crippen MR) is 99.7 cm³/mol. The highest BCUT2D eigenvalue weighted by atomic mass is 35.5. The maximum Gasteiger partial charge on any atom is 0.344 e. The molecule has 0 aromatic heterocycles. The summed E-state index contributed by atoms with van der Waals surface area (Å²) in [7, 11) is 0. The van der Waals surface area contributed by atoms with Gasteiger partial charge in [0.15, 0.2) is 6.61 Å². The zero-order valence-corrected chi connectivity index (χ0v) is 16.0. The van der Waals surface area contributed by atoms with E-state index in [0.717, 1.165) is 5.56 Å². The number of ether oxygens (including phenoxy) is 3. The highest BCUT2D eigenvalue weighted by molar-refractivity contribution is 5.85. The van der Waals surface area contributed by atoms with Crippen molar-refractivity contribution in [2.45, 2.75) is 32.4 Å². The van der Waals surface area contributed by atoms with Crippen LogP contribution in [0.4, 0.5) is 0 Å². The van der Waals surface area contributed by atoms with Gasteiger partial charge in [0.25, 0.3) is 0 Å². The van der Waals surface area contributed by atoms with Crippen molar-refractivity contribution in [1.29, 1.82) is 0 Å². The Morgan fingerprint density at radius 1 is 1.31 bits per heavy atom. The molecule has 1 aromatic rings. The molecular formula is C18H27ClN2O5. The minimum absolute atomic E-state index is 0. The van der Waals surface area contributed by atoms with E-state index < -0.39 is 0 Å². The molecule has 0 aliphatic carbocycles. The van der Waals surface area contributed by atoms with Gasteiger partial charge in [0, 0.05) is 13.1 Å². The van der Waals surface area contributed by atoms with E-state index in [0.29, 0.717) is 38.5 Å². The minimum atomic E-state index is -0.385. The van der Waals surface area contributed by atoms with Crippen LogP contribution in [-0.2, 0) is 25.5 Å². The quantitative estimate of drug-likeness (QED) is 0.650. The largest absolute Gasteiger partial charge is 0.482 e. The molecule has 2 atom stereocenters. The Hall–Kier alpha value is -1.83. The summed E-state index contributed by atoms with van der Waals surface area (Å²) in [5.41, 5.74) is 1.07. The second-order valence-corrected chi connectivity index (χ2v) is 5.79. The highest BCUT2D eigenvalue weighted by Crippen LogP contribution is 2.12. The van der Waals surface area contributed by atoms with Crippen LogP contribution in [0.2, 0.25) is 0 Å². The van der Waals surface area contributed by atoms with Crippen molar-refractivity contribution < 1.29 is 23.8 Å². The molecule has 1 amide bonds. The van der Waals surface area contributed by atoms with Gasteiger partial charge in [0.1, 0.15) is 11.8 Å². The Balaban J connectivity index is 0.00000338. The van der Waals surface area contributed by atoms with Gasteiger partial charge in [-0.25, -0.2) is 4.79 Å². The summed E-state index contributed by atoms with van der Waals surface area (Å²) in [5.74, 6) is 0.184. The van der Waals surface area contributed by atoms with Crippen LogP contribution in [0.1, 0.15) is 19.4 Å². The summed E-state index contributed by atoms with van der Waals surface area (Å²) in [6.07, 6.45) is 0.593. The average molecular weight is 387 g/mol. The second kappa shape index (κ2) is 11.7. The van der Waals surface area contributed by atoms with Gasteiger partial charge in [-0.1, -0.05) is 12.1 Å². The van der Waals surface area contributed by atoms with Crippen LogP contribution < -0.4 is 15.4 Å². The lowest BCUT2D eigenvalue weighted by Gasteiger charge is -2.29. The third-order valence-electron chi connectivity index (χ3n) is 3.90. The van der Waals surface area contributed by atoms with Crippen molar-refractivity contribution in [2.75, 3.05) is 32.9 Å². The Morgan fingerprint density at radius 2 is 2.04 bits per heavy atom. The molecule has 26 heavy (non-hydrogen) atoms. The lowest BCUT2D eigenvalue weighted by molar-refractivity contribution is -0.145. The lowest BCUT2D eigenvalue weighted by atomic mass is 10.1. The number of halogens is 1. The number of carbonyl (C=O) groups excluding carboxylic acids is 2. The van der Waals surface area contributed by atoms with E-state index in [4.69, 9.17) is 14.2 Å². The van der Waals surface area contributed by atoms with E-state index in [9.17, 15) is 9.59 Å². The van der Waals surface area contributed by atoms with Gasteiger partial charge in [-0.05, 0) is 38.0 Å². The zero-order valence-electron chi connectivity index (χ0n) is 15.2. The fourth-order valence-electron chi connectivity index (χ4n) is 2.56. The van der Waals surface area contributed by atoms with Gasteiger partial charge >= 0.3 is 5.97 Å². The Bertz CT molecular complexity index is 567. The maximum absolute atomic E-state index is 12.1. The molecule has 2 rings (SSSR count). The molecule has 1 aliphatic heterocycles. The van der Waals surface area contributed by atoms with Crippen LogP contribution in [0.15, 0.2) is 24.3 Å². The minimum Gasteiger partial charge on any atom is -0.482 e. The number of hydrogen-bond acceptors (Lipinski definition) is 6. The molecule has 1 heterocycles. The first-order valence-electron chi connectivity index (χ1n) is 8.60. The Morgan fingerprint density at radius 3 is 2.69 bits per heavy atom. The van der Waals surface area contributed by atoms with Crippen LogP contribution in [0, 0.1) is 0 Å². The smallest absolute Gasteiger partial charge is 0.344 e. The standard InChI is InChI=1S/C18H26N2O5.ClH/c1-3-23-16(21)12-25-15-6-4-14(5-7-15)8-9-20-18(22)17-13(2)24-11-10-19-17;/h4-7,13,17,19H,3,8-12H2,1-2H3,(H,20,22);1H/t13-,17+;/m1./s1. The van der Waals surface area contributed by atoms with Crippen molar-refractivity contribution in [1.82, 2.24) is 10.6 Å². The van der Waals surface area contributed by atoms with Gasteiger partial charge in [-0.2, -0.15) is 0 Å². The third-order valence-corrected chi connectivity index (χ3v) is 3.90. The van der Waals surface area contributed by atoms with E-state index >= 15 is 0 Å². The molecule has 0 radical (unpaired) electrons. The number of amides is 1. The number of hydrogen-bond donors (Lipinski definition) is 2. The first-order chi connectivity index (χ1) is 12.1. The van der Waals surface area contributed by atoms with Gasteiger partial charge in [-0.3, -0.25) is 4.79 Å². The molecule has 0 unspecified atom stereocenters. The molecule has 1 fully saturated rings. The van der Waals surface area contributed by atoms with Crippen LogP contribution in [0.3, 0.4) is 0 Å². The topological polar surface area (TPSA) is 85.9 Å². The molecule has 7 nitrogen and oxygen atoms in total. The highest BCUT2D eigenvalue weighted by Gasteiger charge is 2.27. The van der Waals surface area contributed by atoms with Crippen molar-refractivity contribution in [3.8, 4) is 5.75 Å². The molecule has 2 N–H and O–H groups in total. The molecule has 1 aromatic carbocycles. The summed E-state index contributed by atoms with van der Waals surface area (Å²) in [6, 6.07) is 7.13. The summed E-state index contributed by atoms with van der Waals surface area (Å²) < 4.78 is 15.6. The van der Waals surface area contributed by atoms with Gasteiger partial charge in [-0.15, -0.1) is 12.4 Å². The maximum atomic E-state index is 12.1. The van der Waals surface area contributed by atoms with Crippen molar-refractivity contribution in [3.63, 3.8) is 0 Å².